The van der Waals surface area contributed by atoms with Crippen molar-refractivity contribution in [1.82, 2.24) is 9.80 Å². The summed E-state index contributed by atoms with van der Waals surface area (Å²) in [5.41, 5.74) is 0.635. The Labute approximate surface area is 138 Å². The molecule has 1 atom stereocenters. The Balaban J connectivity index is 2.05. The lowest BCUT2D eigenvalue weighted by Gasteiger charge is -2.27. The summed E-state index contributed by atoms with van der Waals surface area (Å²) in [4.78, 5) is 17.1. The first-order valence-corrected chi connectivity index (χ1v) is 8.00. The second-order valence-electron chi connectivity index (χ2n) is 5.92. The highest BCUT2D eigenvalue weighted by Crippen LogP contribution is 2.29. The fourth-order valence-corrected chi connectivity index (χ4v) is 2.77. The lowest BCUT2D eigenvalue weighted by molar-refractivity contribution is -0.120. The third kappa shape index (κ3) is 4.59. The monoisotopic (exact) mass is 321 g/mol. The molecule has 128 valence electrons. The van der Waals surface area contributed by atoms with E-state index in [4.69, 9.17) is 9.47 Å². The second kappa shape index (κ2) is 8.17. The molecule has 0 aromatic heterocycles. The summed E-state index contributed by atoms with van der Waals surface area (Å²) >= 11 is 0. The lowest BCUT2D eigenvalue weighted by Crippen LogP contribution is -2.43. The normalized spacial score (nSPS) is 18.1. The predicted molar refractivity (Wildman–Crippen MR) is 91.3 cm³/mol. The fraction of sp³-hybridized carbons (Fsp3) is 0.588. The Kier molecular flexibility index (Phi) is 6.24. The molecule has 1 fully saturated rings. The van der Waals surface area contributed by atoms with Crippen LogP contribution in [-0.2, 0) is 4.79 Å². The van der Waals surface area contributed by atoms with E-state index >= 15 is 0 Å². The molecule has 1 N–H and O–H groups in total. The number of carbonyl (C=O) groups excluding carboxylic acids is 1. The minimum absolute atomic E-state index is 0.0268. The van der Waals surface area contributed by atoms with Gasteiger partial charge in [0.2, 0.25) is 5.91 Å². The zero-order valence-electron chi connectivity index (χ0n) is 14.5. The number of likely N-dealkylation sites (N-methyl/N-ethyl adjacent to an activating group) is 1. The third-order valence-electron chi connectivity index (χ3n) is 4.35. The van der Waals surface area contributed by atoms with Crippen LogP contribution < -0.4 is 14.8 Å². The Bertz CT molecular complexity index is 536. The first-order chi connectivity index (χ1) is 11.0. The number of carbonyl (C=O) groups is 1. The number of nitrogens with one attached hydrogen (secondary N) is 1. The van der Waals surface area contributed by atoms with Crippen molar-refractivity contribution in [2.45, 2.75) is 19.4 Å². The van der Waals surface area contributed by atoms with Gasteiger partial charge >= 0.3 is 0 Å². The zero-order valence-corrected chi connectivity index (χ0v) is 14.5. The van der Waals surface area contributed by atoms with Gasteiger partial charge in [-0.2, -0.15) is 0 Å². The molecule has 1 heterocycles. The molecule has 1 amide bonds. The van der Waals surface area contributed by atoms with Crippen LogP contribution in [0.4, 0.5) is 5.69 Å². The molecule has 0 aliphatic carbocycles. The van der Waals surface area contributed by atoms with E-state index in [9.17, 15) is 4.79 Å². The molecule has 0 spiro atoms. The summed E-state index contributed by atoms with van der Waals surface area (Å²) < 4.78 is 10.5. The minimum Gasteiger partial charge on any atom is -0.497 e. The van der Waals surface area contributed by atoms with Crippen LogP contribution in [0.25, 0.3) is 0 Å². The quantitative estimate of drug-likeness (QED) is 0.894. The summed E-state index contributed by atoms with van der Waals surface area (Å²) in [6.45, 7) is 5.86. The standard InChI is InChI=1S/C17H27N3O3/c1-13(20-9-5-8-19(2)10-11-20)17(21)18-15-12-14(22-3)6-7-16(15)23-4/h6-7,12-13H,5,8-11H2,1-4H3,(H,18,21). The number of ether oxygens (including phenoxy) is 2. The van der Waals surface area contributed by atoms with Crippen molar-refractivity contribution >= 4 is 11.6 Å². The molecule has 1 unspecified atom stereocenters. The molecule has 1 aromatic rings. The molecule has 0 bridgehead atoms. The molecule has 1 aliphatic rings. The molecule has 6 heteroatoms. The number of anilines is 1. The van der Waals surface area contributed by atoms with Crippen molar-refractivity contribution in [3.8, 4) is 11.5 Å². The molecule has 1 aromatic carbocycles. The summed E-state index contributed by atoms with van der Waals surface area (Å²) in [5, 5.41) is 2.97. The van der Waals surface area contributed by atoms with E-state index in [-0.39, 0.29) is 11.9 Å². The van der Waals surface area contributed by atoms with Crippen LogP contribution in [0, 0.1) is 0 Å². The number of amides is 1. The number of hydrogen-bond acceptors (Lipinski definition) is 5. The number of benzene rings is 1. The van der Waals surface area contributed by atoms with E-state index in [0.717, 1.165) is 32.6 Å². The number of hydrogen-bond donors (Lipinski definition) is 1. The summed E-state index contributed by atoms with van der Waals surface area (Å²) in [6.07, 6.45) is 1.08. The van der Waals surface area contributed by atoms with Crippen LogP contribution in [-0.4, -0.2) is 69.2 Å². The van der Waals surface area contributed by atoms with Crippen molar-refractivity contribution < 1.29 is 14.3 Å². The molecule has 1 saturated heterocycles. The molecule has 0 radical (unpaired) electrons. The molecule has 6 nitrogen and oxygen atoms in total. The average molecular weight is 321 g/mol. The Morgan fingerprint density at radius 3 is 2.65 bits per heavy atom. The van der Waals surface area contributed by atoms with Crippen molar-refractivity contribution in [3.05, 3.63) is 18.2 Å². The Morgan fingerprint density at radius 2 is 1.96 bits per heavy atom. The Hall–Kier alpha value is -1.79. The number of methoxy groups -OCH3 is 2. The minimum atomic E-state index is -0.183. The van der Waals surface area contributed by atoms with Crippen LogP contribution in [0.3, 0.4) is 0 Å². The first kappa shape index (κ1) is 17.6. The number of rotatable bonds is 5. The lowest BCUT2D eigenvalue weighted by atomic mass is 10.2. The van der Waals surface area contributed by atoms with Gasteiger partial charge in [-0.15, -0.1) is 0 Å². The Morgan fingerprint density at radius 1 is 1.17 bits per heavy atom. The van der Waals surface area contributed by atoms with E-state index < -0.39 is 0 Å². The van der Waals surface area contributed by atoms with Gasteiger partial charge < -0.3 is 19.7 Å². The van der Waals surface area contributed by atoms with Gasteiger partial charge in [0.25, 0.3) is 0 Å². The van der Waals surface area contributed by atoms with Gasteiger partial charge in [0, 0.05) is 25.7 Å². The zero-order chi connectivity index (χ0) is 16.8. The van der Waals surface area contributed by atoms with Crippen molar-refractivity contribution in [1.29, 1.82) is 0 Å². The van der Waals surface area contributed by atoms with Crippen molar-refractivity contribution in [2.75, 3.05) is 52.8 Å². The molecule has 0 saturated carbocycles. The highest BCUT2D eigenvalue weighted by atomic mass is 16.5. The molecular weight excluding hydrogens is 294 g/mol. The van der Waals surface area contributed by atoms with Crippen LogP contribution >= 0.6 is 0 Å². The topological polar surface area (TPSA) is 54.0 Å². The molecular formula is C17H27N3O3. The smallest absolute Gasteiger partial charge is 0.241 e. The molecule has 23 heavy (non-hydrogen) atoms. The largest absolute Gasteiger partial charge is 0.497 e. The van der Waals surface area contributed by atoms with Crippen molar-refractivity contribution in [3.63, 3.8) is 0 Å². The van der Waals surface area contributed by atoms with Crippen LogP contribution in [0.2, 0.25) is 0 Å². The van der Waals surface area contributed by atoms with Gasteiger partial charge in [-0.25, -0.2) is 0 Å². The van der Waals surface area contributed by atoms with Gasteiger partial charge in [0.05, 0.1) is 25.9 Å². The van der Waals surface area contributed by atoms with E-state index in [1.54, 1.807) is 26.4 Å². The highest BCUT2D eigenvalue weighted by molar-refractivity contribution is 5.96. The fourth-order valence-electron chi connectivity index (χ4n) is 2.77. The van der Waals surface area contributed by atoms with E-state index in [2.05, 4.69) is 22.2 Å². The maximum atomic E-state index is 12.6. The van der Waals surface area contributed by atoms with E-state index in [1.807, 2.05) is 13.0 Å². The van der Waals surface area contributed by atoms with E-state index in [0.29, 0.717) is 17.2 Å². The molecule has 1 aliphatic heterocycles. The predicted octanol–water partition coefficient (Wildman–Crippen LogP) is 1.67. The van der Waals surface area contributed by atoms with Gasteiger partial charge in [-0.05, 0) is 39.1 Å². The maximum absolute atomic E-state index is 12.6. The summed E-state index contributed by atoms with van der Waals surface area (Å²) in [5.74, 6) is 1.29. The maximum Gasteiger partial charge on any atom is 0.241 e. The van der Waals surface area contributed by atoms with Crippen LogP contribution in [0.5, 0.6) is 11.5 Å². The SMILES string of the molecule is COc1ccc(OC)c(NC(=O)C(C)N2CCCN(C)CC2)c1. The second-order valence-corrected chi connectivity index (χ2v) is 5.92. The molecule has 2 rings (SSSR count). The highest BCUT2D eigenvalue weighted by Gasteiger charge is 2.24. The summed E-state index contributed by atoms with van der Waals surface area (Å²) in [6, 6.07) is 5.19. The van der Waals surface area contributed by atoms with Gasteiger partial charge in [-0.1, -0.05) is 0 Å². The van der Waals surface area contributed by atoms with Crippen LogP contribution in [0.15, 0.2) is 18.2 Å². The van der Waals surface area contributed by atoms with Crippen molar-refractivity contribution in [2.24, 2.45) is 0 Å². The first-order valence-electron chi connectivity index (χ1n) is 8.00. The number of nitrogens with zero attached hydrogens (tertiary/aromatic N) is 2. The van der Waals surface area contributed by atoms with Gasteiger partial charge in [0.15, 0.2) is 0 Å². The average Bonchev–Trinajstić information content (AvgIpc) is 2.78. The van der Waals surface area contributed by atoms with Gasteiger partial charge in [-0.3, -0.25) is 9.69 Å². The summed E-state index contributed by atoms with van der Waals surface area (Å²) in [7, 11) is 5.31. The van der Waals surface area contributed by atoms with Crippen LogP contribution in [0.1, 0.15) is 13.3 Å². The third-order valence-corrected chi connectivity index (χ3v) is 4.35. The van der Waals surface area contributed by atoms with E-state index in [1.165, 1.54) is 0 Å². The van der Waals surface area contributed by atoms with Gasteiger partial charge in [0.1, 0.15) is 11.5 Å².